The second kappa shape index (κ2) is 6.00. The lowest BCUT2D eigenvalue weighted by Crippen LogP contribution is -2.40. The Kier molecular flexibility index (Phi) is 4.36. The fourth-order valence-corrected chi connectivity index (χ4v) is 1.70. The average molecular weight is 268 g/mol. The summed E-state index contributed by atoms with van der Waals surface area (Å²) in [6.45, 7) is 1.23. The smallest absolute Gasteiger partial charge is 0.169 e. The molecular weight excluding hydrogens is 251 g/mol. The lowest BCUT2D eigenvalue weighted by molar-refractivity contribution is 0.283. The van der Waals surface area contributed by atoms with Crippen LogP contribution in [-0.2, 0) is 0 Å². The van der Waals surface area contributed by atoms with Crippen molar-refractivity contribution < 1.29 is 9.13 Å². The highest BCUT2D eigenvalue weighted by molar-refractivity contribution is 7.80. The van der Waals surface area contributed by atoms with Gasteiger partial charge in [0.1, 0.15) is 18.2 Å². The minimum absolute atomic E-state index is 0.255. The summed E-state index contributed by atoms with van der Waals surface area (Å²) in [7, 11) is 1.94. The molecule has 0 bridgehead atoms. The van der Waals surface area contributed by atoms with E-state index in [4.69, 9.17) is 17.0 Å². The first-order valence-corrected chi connectivity index (χ1v) is 6.46. The number of halogens is 1. The van der Waals surface area contributed by atoms with Gasteiger partial charge in [0.15, 0.2) is 5.11 Å². The van der Waals surface area contributed by atoms with E-state index in [1.807, 2.05) is 11.9 Å². The van der Waals surface area contributed by atoms with Crippen LogP contribution in [0.4, 0.5) is 4.39 Å². The molecule has 1 aromatic rings. The SMILES string of the molecule is CN(CCOc1ccc(F)cc1)C(=S)NC1CC1. The van der Waals surface area contributed by atoms with E-state index in [1.165, 1.54) is 25.0 Å². The van der Waals surface area contributed by atoms with Crippen LogP contribution in [0.15, 0.2) is 24.3 Å². The van der Waals surface area contributed by atoms with Gasteiger partial charge >= 0.3 is 0 Å². The third-order valence-corrected chi connectivity index (χ3v) is 3.19. The maximum absolute atomic E-state index is 12.7. The van der Waals surface area contributed by atoms with Crippen molar-refractivity contribution in [3.8, 4) is 5.75 Å². The molecule has 1 aromatic carbocycles. The summed E-state index contributed by atoms with van der Waals surface area (Å²) in [6.07, 6.45) is 2.42. The van der Waals surface area contributed by atoms with Gasteiger partial charge in [-0.2, -0.15) is 0 Å². The number of rotatable bonds is 5. The fraction of sp³-hybridized carbons (Fsp3) is 0.462. The molecule has 1 saturated carbocycles. The first-order valence-electron chi connectivity index (χ1n) is 6.05. The van der Waals surface area contributed by atoms with E-state index in [9.17, 15) is 4.39 Å². The van der Waals surface area contributed by atoms with E-state index < -0.39 is 0 Å². The molecular formula is C13H17FN2OS. The number of nitrogens with one attached hydrogen (secondary N) is 1. The zero-order chi connectivity index (χ0) is 13.0. The second-order valence-electron chi connectivity index (χ2n) is 4.45. The highest BCUT2D eigenvalue weighted by Crippen LogP contribution is 2.18. The van der Waals surface area contributed by atoms with Crippen LogP contribution in [0.25, 0.3) is 0 Å². The molecule has 0 spiro atoms. The van der Waals surface area contributed by atoms with Crippen molar-refractivity contribution in [2.45, 2.75) is 18.9 Å². The largest absolute Gasteiger partial charge is 0.492 e. The molecule has 0 saturated heterocycles. The van der Waals surface area contributed by atoms with Crippen molar-refractivity contribution in [3.05, 3.63) is 30.1 Å². The quantitative estimate of drug-likeness (QED) is 0.827. The molecule has 0 unspecified atom stereocenters. The molecule has 5 heteroatoms. The molecule has 98 valence electrons. The Morgan fingerprint density at radius 3 is 2.72 bits per heavy atom. The van der Waals surface area contributed by atoms with Crippen LogP contribution in [0.5, 0.6) is 5.75 Å². The number of nitrogens with zero attached hydrogens (tertiary/aromatic N) is 1. The van der Waals surface area contributed by atoms with Crippen LogP contribution in [0, 0.1) is 5.82 Å². The van der Waals surface area contributed by atoms with Crippen molar-refractivity contribution in [2.75, 3.05) is 20.2 Å². The maximum Gasteiger partial charge on any atom is 0.169 e. The Labute approximate surface area is 112 Å². The zero-order valence-electron chi connectivity index (χ0n) is 10.4. The van der Waals surface area contributed by atoms with Crippen molar-refractivity contribution in [3.63, 3.8) is 0 Å². The third-order valence-electron chi connectivity index (χ3n) is 2.76. The summed E-state index contributed by atoms with van der Waals surface area (Å²) < 4.78 is 18.2. The summed E-state index contributed by atoms with van der Waals surface area (Å²) in [6, 6.07) is 6.58. The molecule has 18 heavy (non-hydrogen) atoms. The minimum Gasteiger partial charge on any atom is -0.492 e. The van der Waals surface area contributed by atoms with Gasteiger partial charge in [-0.15, -0.1) is 0 Å². The van der Waals surface area contributed by atoms with Gasteiger partial charge < -0.3 is 15.0 Å². The summed E-state index contributed by atoms with van der Waals surface area (Å²) in [5.41, 5.74) is 0. The molecule has 1 N–H and O–H groups in total. The molecule has 0 radical (unpaired) electrons. The Morgan fingerprint density at radius 2 is 2.11 bits per heavy atom. The van der Waals surface area contributed by atoms with E-state index in [-0.39, 0.29) is 5.82 Å². The lowest BCUT2D eigenvalue weighted by Gasteiger charge is -2.21. The summed E-state index contributed by atoms with van der Waals surface area (Å²) >= 11 is 5.25. The Hall–Kier alpha value is -1.36. The van der Waals surface area contributed by atoms with E-state index in [0.717, 1.165) is 5.11 Å². The summed E-state index contributed by atoms with van der Waals surface area (Å²) in [5, 5.41) is 4.03. The van der Waals surface area contributed by atoms with Gasteiger partial charge in [-0.1, -0.05) is 0 Å². The summed E-state index contributed by atoms with van der Waals surface area (Å²) in [4.78, 5) is 1.96. The van der Waals surface area contributed by atoms with E-state index in [0.29, 0.717) is 24.9 Å². The Bertz CT molecular complexity index is 406. The minimum atomic E-state index is -0.255. The van der Waals surface area contributed by atoms with Gasteiger partial charge in [0.2, 0.25) is 0 Å². The molecule has 0 aliphatic heterocycles. The number of likely N-dealkylation sites (N-methyl/N-ethyl adjacent to an activating group) is 1. The molecule has 1 fully saturated rings. The maximum atomic E-state index is 12.7. The Morgan fingerprint density at radius 1 is 1.44 bits per heavy atom. The first kappa shape index (κ1) is 13.1. The van der Waals surface area contributed by atoms with Crippen molar-refractivity contribution in [1.29, 1.82) is 0 Å². The highest BCUT2D eigenvalue weighted by Gasteiger charge is 2.22. The van der Waals surface area contributed by atoms with Gasteiger partial charge in [-0.25, -0.2) is 4.39 Å². The second-order valence-corrected chi connectivity index (χ2v) is 4.83. The number of ether oxygens (including phenoxy) is 1. The molecule has 3 nitrogen and oxygen atoms in total. The Balaban J connectivity index is 1.67. The lowest BCUT2D eigenvalue weighted by atomic mass is 10.3. The highest BCUT2D eigenvalue weighted by atomic mass is 32.1. The van der Waals surface area contributed by atoms with Crippen LogP contribution in [0.1, 0.15) is 12.8 Å². The number of benzene rings is 1. The van der Waals surface area contributed by atoms with Crippen molar-refractivity contribution in [1.82, 2.24) is 10.2 Å². The zero-order valence-corrected chi connectivity index (χ0v) is 11.2. The normalized spacial score (nSPS) is 14.1. The topological polar surface area (TPSA) is 24.5 Å². The van der Waals surface area contributed by atoms with Gasteiger partial charge in [0, 0.05) is 13.1 Å². The van der Waals surface area contributed by atoms with Crippen molar-refractivity contribution in [2.24, 2.45) is 0 Å². The van der Waals surface area contributed by atoms with Crippen LogP contribution in [0.2, 0.25) is 0 Å². The van der Waals surface area contributed by atoms with Crippen LogP contribution >= 0.6 is 12.2 Å². The number of thiocarbonyl (C=S) groups is 1. The van der Waals surface area contributed by atoms with E-state index in [1.54, 1.807) is 12.1 Å². The van der Waals surface area contributed by atoms with Crippen LogP contribution in [-0.4, -0.2) is 36.3 Å². The van der Waals surface area contributed by atoms with E-state index in [2.05, 4.69) is 5.32 Å². The standard InChI is InChI=1S/C13H17FN2OS/c1-16(13(18)15-11-4-5-11)8-9-17-12-6-2-10(14)3-7-12/h2-3,6-7,11H,4-5,8-9H2,1H3,(H,15,18). The van der Waals surface area contributed by atoms with Crippen molar-refractivity contribution >= 4 is 17.3 Å². The molecule has 0 amide bonds. The third kappa shape index (κ3) is 4.14. The van der Waals surface area contributed by atoms with Gasteiger partial charge in [0.05, 0.1) is 6.54 Å². The molecule has 1 aliphatic rings. The number of hydrogen-bond acceptors (Lipinski definition) is 2. The average Bonchev–Trinajstić information content (AvgIpc) is 3.15. The molecule has 1 aliphatic carbocycles. The van der Waals surface area contributed by atoms with E-state index >= 15 is 0 Å². The monoisotopic (exact) mass is 268 g/mol. The van der Waals surface area contributed by atoms with Gasteiger partial charge in [-0.05, 0) is 49.3 Å². The predicted molar refractivity (Wildman–Crippen MR) is 73.3 cm³/mol. The molecule has 2 rings (SSSR count). The first-order chi connectivity index (χ1) is 8.65. The molecule has 0 heterocycles. The predicted octanol–water partition coefficient (Wildman–Crippen LogP) is 2.17. The van der Waals surface area contributed by atoms with Crippen LogP contribution in [0.3, 0.4) is 0 Å². The molecule has 0 aromatic heterocycles. The van der Waals surface area contributed by atoms with Crippen LogP contribution < -0.4 is 10.1 Å². The van der Waals surface area contributed by atoms with Gasteiger partial charge in [-0.3, -0.25) is 0 Å². The molecule has 0 atom stereocenters. The fourth-order valence-electron chi connectivity index (χ4n) is 1.45. The summed E-state index contributed by atoms with van der Waals surface area (Å²) in [5.74, 6) is 0.417. The van der Waals surface area contributed by atoms with Gasteiger partial charge in [0.25, 0.3) is 0 Å². The number of hydrogen-bond donors (Lipinski definition) is 1.